The van der Waals surface area contributed by atoms with Crippen LogP contribution in [0.1, 0.15) is 41.5 Å². The van der Waals surface area contributed by atoms with E-state index in [0.29, 0.717) is 0 Å². The smallest absolute Gasteiger partial charge is 0.279 e. The van der Waals surface area contributed by atoms with Crippen LogP contribution in [-0.4, -0.2) is 18.1 Å². The zero-order valence-corrected chi connectivity index (χ0v) is 12.8. The Morgan fingerprint density at radius 3 is 1.44 bits per heavy atom. The third-order valence-corrected chi connectivity index (χ3v) is 4.58. The molecule has 0 atom stereocenters. The van der Waals surface area contributed by atoms with Crippen molar-refractivity contribution in [3.63, 3.8) is 0 Å². The van der Waals surface area contributed by atoms with Gasteiger partial charge in [-0.15, -0.1) is 0 Å². The molecule has 106 valence electrons. The van der Waals surface area contributed by atoms with Crippen molar-refractivity contribution in [2.24, 2.45) is 23.2 Å². The fraction of sp³-hybridized carbons (Fsp3) is 0.769. The zero-order chi connectivity index (χ0) is 14.9. The summed E-state index contributed by atoms with van der Waals surface area (Å²) < 4.78 is 31.0. The Hall–Kier alpha value is -0.680. The van der Waals surface area contributed by atoms with Gasteiger partial charge in [-0.1, -0.05) is 48.1 Å². The first-order valence-electron chi connectivity index (χ1n) is 6.11. The minimum Gasteiger partial charge on any atom is -0.279 e. The summed E-state index contributed by atoms with van der Waals surface area (Å²) in [5.41, 5.74) is -0.669. The number of hydrogen-bond donors (Lipinski definition) is 1. The third-order valence-electron chi connectivity index (χ3n) is 3.87. The van der Waals surface area contributed by atoms with Gasteiger partial charge in [-0.25, -0.2) is 0 Å². The molecule has 18 heavy (non-hydrogen) atoms. The highest BCUT2D eigenvalue weighted by molar-refractivity contribution is 8.01. The van der Waals surface area contributed by atoms with Crippen LogP contribution < -0.4 is 0 Å². The van der Waals surface area contributed by atoms with E-state index in [1.165, 1.54) is 0 Å². The summed E-state index contributed by atoms with van der Waals surface area (Å²) in [6, 6.07) is 0. The van der Waals surface area contributed by atoms with E-state index in [4.69, 9.17) is 4.55 Å². The van der Waals surface area contributed by atoms with E-state index < -0.39 is 20.6 Å². The van der Waals surface area contributed by atoms with E-state index in [0.717, 1.165) is 0 Å². The zero-order valence-electron chi connectivity index (χ0n) is 12.0. The lowest BCUT2D eigenvalue weighted by Gasteiger charge is -2.45. The highest BCUT2D eigenvalue weighted by atomic mass is 32.2. The van der Waals surface area contributed by atoms with Gasteiger partial charge < -0.3 is 0 Å². The average molecular weight is 276 g/mol. The van der Waals surface area contributed by atoms with Gasteiger partial charge in [0.25, 0.3) is 5.12 Å². The molecule has 0 fully saturated rings. The molecule has 0 aromatic carbocycles. The second kappa shape index (κ2) is 5.53. The van der Waals surface area contributed by atoms with E-state index in [1.807, 2.05) is 41.5 Å². The lowest BCUT2D eigenvalue weighted by atomic mass is 9.58. The molecule has 0 aliphatic carbocycles. The van der Waals surface area contributed by atoms with Crippen LogP contribution in [0, 0.1) is 23.2 Å². The molecule has 4 nitrogen and oxygen atoms in total. The predicted octanol–water partition coefficient (Wildman–Crippen LogP) is 2.91. The van der Waals surface area contributed by atoms with Crippen molar-refractivity contribution in [3.05, 3.63) is 12.2 Å². The summed E-state index contributed by atoms with van der Waals surface area (Å²) in [7, 11) is -4.72. The first-order chi connectivity index (χ1) is 7.90. The van der Waals surface area contributed by atoms with Gasteiger partial charge in [0.05, 0.1) is 0 Å². The molecule has 0 rings (SSSR count). The second-order valence-electron chi connectivity index (χ2n) is 5.64. The van der Waals surface area contributed by atoms with E-state index >= 15 is 0 Å². The fourth-order valence-corrected chi connectivity index (χ4v) is 3.87. The molecule has 0 unspecified atom stereocenters. The van der Waals surface area contributed by atoms with Crippen LogP contribution in [0.3, 0.4) is 0 Å². The lowest BCUT2D eigenvalue weighted by molar-refractivity contribution is -0.111. The van der Waals surface area contributed by atoms with E-state index in [2.05, 4.69) is 6.58 Å². The second-order valence-corrected chi connectivity index (χ2v) is 6.96. The Balaban J connectivity index is 5.92. The monoisotopic (exact) mass is 276 g/mol. The summed E-state index contributed by atoms with van der Waals surface area (Å²) in [4.78, 5) is 11.8. The van der Waals surface area contributed by atoms with E-state index in [-0.39, 0.29) is 23.3 Å². The predicted molar refractivity (Wildman–Crippen MR) is 72.6 cm³/mol. The minimum absolute atomic E-state index is 0.0231. The Morgan fingerprint density at radius 2 is 1.28 bits per heavy atom. The Bertz CT molecular complexity index is 408. The van der Waals surface area contributed by atoms with Gasteiger partial charge >= 0.3 is 10.1 Å². The summed E-state index contributed by atoms with van der Waals surface area (Å²) in [5.74, 6) is 0.113. The molecule has 0 aliphatic rings. The van der Waals surface area contributed by atoms with E-state index in [1.54, 1.807) is 0 Å². The molecule has 0 saturated carbocycles. The Labute approximate surface area is 110 Å². The Kier molecular flexibility index (Phi) is 5.32. The molecule has 5 heteroatoms. The van der Waals surface area contributed by atoms with Crippen LogP contribution >= 0.6 is 0 Å². The van der Waals surface area contributed by atoms with Crippen molar-refractivity contribution in [3.8, 4) is 0 Å². The highest BCUT2D eigenvalue weighted by Gasteiger charge is 2.47. The maximum Gasteiger partial charge on any atom is 0.333 e. The topological polar surface area (TPSA) is 71.4 Å². The van der Waals surface area contributed by atoms with Gasteiger partial charge in [-0.2, -0.15) is 8.42 Å². The quantitative estimate of drug-likeness (QED) is 0.619. The molecular weight excluding hydrogens is 252 g/mol. The number of carbonyl (C=O) groups excluding carboxylic acids is 1. The maximum absolute atomic E-state index is 11.8. The van der Waals surface area contributed by atoms with Crippen LogP contribution in [0.15, 0.2) is 12.2 Å². The normalized spacial score (nSPS) is 13.4. The van der Waals surface area contributed by atoms with Gasteiger partial charge in [0.1, 0.15) is 0 Å². The minimum atomic E-state index is -4.72. The summed E-state index contributed by atoms with van der Waals surface area (Å²) >= 11 is 0. The van der Waals surface area contributed by atoms with Gasteiger partial charge in [0.15, 0.2) is 0 Å². The highest BCUT2D eigenvalue weighted by Crippen LogP contribution is 2.48. The van der Waals surface area contributed by atoms with Gasteiger partial charge in [0, 0.05) is 11.0 Å². The van der Waals surface area contributed by atoms with Crippen molar-refractivity contribution < 1.29 is 17.8 Å². The molecule has 0 saturated heterocycles. The molecule has 0 aromatic rings. The van der Waals surface area contributed by atoms with Gasteiger partial charge in [-0.3, -0.25) is 9.35 Å². The summed E-state index contributed by atoms with van der Waals surface area (Å²) in [5, 5.41) is -1.27. The van der Waals surface area contributed by atoms with Gasteiger partial charge in [0.2, 0.25) is 0 Å². The average Bonchev–Trinajstić information content (AvgIpc) is 2.13. The van der Waals surface area contributed by atoms with Crippen molar-refractivity contribution in [1.82, 2.24) is 0 Å². The number of carbonyl (C=O) groups is 1. The van der Waals surface area contributed by atoms with Gasteiger partial charge in [-0.05, 0) is 17.8 Å². The molecule has 0 radical (unpaired) electrons. The fourth-order valence-electron chi connectivity index (χ4n) is 3.38. The maximum atomic E-state index is 11.8. The lowest BCUT2D eigenvalue weighted by Crippen LogP contribution is -2.43. The summed E-state index contributed by atoms with van der Waals surface area (Å²) in [6.45, 7) is 15.3. The SMILES string of the molecule is C=C(C(=O)S(=O)(=O)O)C(C(C)C)(C(C)C)C(C)C. The standard InChI is InChI=1S/C13H24O4S/c1-8(2)13(9(3)4,10(5)6)11(7)12(14)18(15,16)17/h8-10H,7H2,1-6H3,(H,15,16,17). The molecule has 0 heterocycles. The van der Waals surface area contributed by atoms with Crippen LogP contribution in [0.25, 0.3) is 0 Å². The van der Waals surface area contributed by atoms with Crippen molar-refractivity contribution >= 4 is 15.2 Å². The molecule has 1 N–H and O–H groups in total. The first kappa shape index (κ1) is 17.3. The Morgan fingerprint density at radius 1 is 1.00 bits per heavy atom. The van der Waals surface area contributed by atoms with Crippen LogP contribution in [-0.2, 0) is 14.9 Å². The molecular formula is C13H24O4S. The molecule has 0 aliphatic heterocycles. The molecule has 0 spiro atoms. The van der Waals surface area contributed by atoms with E-state index in [9.17, 15) is 13.2 Å². The number of hydrogen-bond acceptors (Lipinski definition) is 3. The van der Waals surface area contributed by atoms with Crippen molar-refractivity contribution in [1.29, 1.82) is 0 Å². The molecule has 0 bridgehead atoms. The van der Waals surface area contributed by atoms with Crippen LogP contribution in [0.4, 0.5) is 0 Å². The first-order valence-corrected chi connectivity index (χ1v) is 7.55. The molecule has 0 aromatic heterocycles. The van der Waals surface area contributed by atoms with Crippen molar-refractivity contribution in [2.75, 3.05) is 0 Å². The van der Waals surface area contributed by atoms with Crippen molar-refractivity contribution in [2.45, 2.75) is 41.5 Å². The molecule has 0 amide bonds. The van der Waals surface area contributed by atoms with Crippen LogP contribution in [0.2, 0.25) is 0 Å². The largest absolute Gasteiger partial charge is 0.333 e. The number of rotatable bonds is 5. The van der Waals surface area contributed by atoms with Crippen LogP contribution in [0.5, 0.6) is 0 Å². The summed E-state index contributed by atoms with van der Waals surface area (Å²) in [6.07, 6.45) is 0. The third kappa shape index (κ3) is 2.83.